The first-order valence-corrected chi connectivity index (χ1v) is 6.88. The molecule has 2 rings (SSSR count). The van der Waals surface area contributed by atoms with Crippen molar-refractivity contribution in [3.8, 4) is 0 Å². The number of aryl methyl sites for hydroxylation is 3. The highest BCUT2D eigenvalue weighted by molar-refractivity contribution is 5.76. The smallest absolute Gasteiger partial charge is 0.222 e. The van der Waals surface area contributed by atoms with Gasteiger partial charge in [-0.3, -0.25) is 9.48 Å². The van der Waals surface area contributed by atoms with Crippen molar-refractivity contribution in [1.29, 1.82) is 0 Å². The first kappa shape index (κ1) is 14.1. The van der Waals surface area contributed by atoms with Gasteiger partial charge in [-0.2, -0.15) is 5.10 Å². The predicted octanol–water partition coefficient (Wildman–Crippen LogP) is 0.890. The van der Waals surface area contributed by atoms with Crippen LogP contribution in [0.25, 0.3) is 0 Å². The van der Waals surface area contributed by atoms with E-state index in [1.165, 1.54) is 0 Å². The minimum absolute atomic E-state index is 0.0861. The monoisotopic (exact) mass is 265 g/mol. The molecule has 1 heterocycles. The Bertz CT molecular complexity index is 452. The van der Waals surface area contributed by atoms with Gasteiger partial charge in [-0.25, -0.2) is 0 Å². The molecule has 0 aliphatic heterocycles. The van der Waals surface area contributed by atoms with Gasteiger partial charge >= 0.3 is 0 Å². The summed E-state index contributed by atoms with van der Waals surface area (Å²) in [5.41, 5.74) is 2.10. The molecule has 5 heteroatoms. The number of aromatic nitrogens is 2. The molecule has 1 aliphatic carbocycles. The van der Waals surface area contributed by atoms with Crippen LogP contribution in [-0.2, 0) is 18.3 Å². The lowest BCUT2D eigenvalue weighted by atomic mass is 10.1. The lowest BCUT2D eigenvalue weighted by Crippen LogP contribution is -2.35. The molecule has 0 saturated heterocycles. The van der Waals surface area contributed by atoms with Crippen LogP contribution in [0, 0.1) is 12.8 Å². The lowest BCUT2D eigenvalue weighted by Gasteiger charge is -2.20. The minimum atomic E-state index is -0.353. The molecule has 1 N–H and O–H groups in total. The average molecular weight is 265 g/mol. The number of nitrogens with zero attached hydrogens (tertiary/aromatic N) is 3. The number of carbonyl (C=O) groups excluding carboxylic acids is 1. The summed E-state index contributed by atoms with van der Waals surface area (Å²) in [6.45, 7) is 2.41. The fourth-order valence-electron chi connectivity index (χ4n) is 2.34. The standard InChI is InChI=1S/C14H23N3O2/c1-10-12(8-17(3)15-10)6-7-14(19)16(2)9-13(18)11-4-5-11/h8,11,13,18H,4-7,9H2,1-3H3. The van der Waals surface area contributed by atoms with Crippen molar-refractivity contribution in [2.75, 3.05) is 13.6 Å². The molecule has 0 spiro atoms. The Kier molecular flexibility index (Phi) is 4.24. The number of hydrogen-bond donors (Lipinski definition) is 1. The third-order valence-electron chi connectivity index (χ3n) is 3.78. The molecule has 0 aromatic carbocycles. The highest BCUT2D eigenvalue weighted by Crippen LogP contribution is 2.32. The summed E-state index contributed by atoms with van der Waals surface area (Å²) in [5, 5.41) is 14.1. The summed E-state index contributed by atoms with van der Waals surface area (Å²) >= 11 is 0. The second-order valence-electron chi connectivity index (χ2n) is 5.59. The quantitative estimate of drug-likeness (QED) is 0.831. The van der Waals surface area contributed by atoms with E-state index >= 15 is 0 Å². The molecule has 106 valence electrons. The lowest BCUT2D eigenvalue weighted by molar-refractivity contribution is -0.131. The summed E-state index contributed by atoms with van der Waals surface area (Å²) in [6, 6.07) is 0. The van der Waals surface area contributed by atoms with Crippen LogP contribution < -0.4 is 0 Å². The van der Waals surface area contributed by atoms with Gasteiger partial charge < -0.3 is 10.0 Å². The van der Waals surface area contributed by atoms with Gasteiger partial charge in [0.05, 0.1) is 11.8 Å². The number of rotatable bonds is 6. The number of likely N-dealkylation sites (N-methyl/N-ethyl adjacent to an activating group) is 1. The maximum atomic E-state index is 12.0. The Morgan fingerprint density at radius 3 is 2.84 bits per heavy atom. The first-order valence-electron chi connectivity index (χ1n) is 6.88. The van der Waals surface area contributed by atoms with Crippen molar-refractivity contribution < 1.29 is 9.90 Å². The van der Waals surface area contributed by atoms with Crippen LogP contribution >= 0.6 is 0 Å². The molecule has 0 bridgehead atoms. The first-order chi connectivity index (χ1) is 8.97. The summed E-state index contributed by atoms with van der Waals surface area (Å²) in [6.07, 6.45) is 4.98. The molecule has 1 amide bonds. The Labute approximate surface area is 114 Å². The second kappa shape index (κ2) is 5.74. The number of hydrogen-bond acceptors (Lipinski definition) is 3. The molecular formula is C14H23N3O2. The van der Waals surface area contributed by atoms with Crippen LogP contribution in [0.5, 0.6) is 0 Å². The van der Waals surface area contributed by atoms with Crippen LogP contribution in [0.3, 0.4) is 0 Å². The van der Waals surface area contributed by atoms with Crippen molar-refractivity contribution in [2.45, 2.75) is 38.7 Å². The highest BCUT2D eigenvalue weighted by Gasteiger charge is 2.31. The Hall–Kier alpha value is -1.36. The van der Waals surface area contributed by atoms with Crippen LogP contribution in [0.4, 0.5) is 0 Å². The zero-order valence-corrected chi connectivity index (χ0v) is 12.0. The minimum Gasteiger partial charge on any atom is -0.391 e. The molecule has 1 aliphatic rings. The Balaban J connectivity index is 1.78. The molecule has 5 nitrogen and oxygen atoms in total. The molecule has 19 heavy (non-hydrogen) atoms. The molecule has 1 unspecified atom stereocenters. The summed E-state index contributed by atoms with van der Waals surface area (Å²) < 4.78 is 1.77. The van der Waals surface area contributed by atoms with Crippen molar-refractivity contribution in [2.24, 2.45) is 13.0 Å². The van der Waals surface area contributed by atoms with Crippen LogP contribution in [0.1, 0.15) is 30.5 Å². The SMILES string of the molecule is Cc1nn(C)cc1CCC(=O)N(C)CC(O)C1CC1. The predicted molar refractivity (Wildman–Crippen MR) is 72.6 cm³/mol. The van der Waals surface area contributed by atoms with E-state index in [0.29, 0.717) is 25.3 Å². The van der Waals surface area contributed by atoms with E-state index in [2.05, 4.69) is 5.10 Å². The Morgan fingerprint density at radius 1 is 1.63 bits per heavy atom. The third-order valence-corrected chi connectivity index (χ3v) is 3.78. The molecule has 1 aromatic heterocycles. The molecule has 1 saturated carbocycles. The van der Waals surface area contributed by atoms with Gasteiger partial charge in [-0.05, 0) is 37.7 Å². The van der Waals surface area contributed by atoms with Gasteiger partial charge in [-0.1, -0.05) is 0 Å². The van der Waals surface area contributed by atoms with Gasteiger partial charge in [0.2, 0.25) is 5.91 Å². The van der Waals surface area contributed by atoms with E-state index in [1.807, 2.05) is 20.2 Å². The molecule has 0 radical (unpaired) electrons. The van der Waals surface area contributed by atoms with Crippen molar-refractivity contribution >= 4 is 5.91 Å². The van der Waals surface area contributed by atoms with Crippen LogP contribution in [0.15, 0.2) is 6.20 Å². The van der Waals surface area contributed by atoms with Gasteiger partial charge in [0, 0.05) is 33.3 Å². The summed E-state index contributed by atoms with van der Waals surface area (Å²) in [7, 11) is 3.65. The largest absolute Gasteiger partial charge is 0.391 e. The Morgan fingerprint density at radius 2 is 2.32 bits per heavy atom. The third kappa shape index (κ3) is 3.80. The van der Waals surface area contributed by atoms with Crippen molar-refractivity contribution in [3.05, 3.63) is 17.5 Å². The summed E-state index contributed by atoms with van der Waals surface area (Å²) in [4.78, 5) is 13.6. The van der Waals surface area contributed by atoms with Crippen molar-refractivity contribution in [3.63, 3.8) is 0 Å². The topological polar surface area (TPSA) is 58.4 Å². The van der Waals surface area contributed by atoms with Crippen LogP contribution in [-0.4, -0.2) is 45.4 Å². The van der Waals surface area contributed by atoms with E-state index < -0.39 is 0 Å². The highest BCUT2D eigenvalue weighted by atomic mass is 16.3. The van der Waals surface area contributed by atoms with E-state index in [1.54, 1.807) is 16.6 Å². The molecule has 1 fully saturated rings. The zero-order valence-electron chi connectivity index (χ0n) is 12.0. The number of aliphatic hydroxyl groups is 1. The number of carbonyl (C=O) groups is 1. The number of amides is 1. The second-order valence-corrected chi connectivity index (χ2v) is 5.59. The molecular weight excluding hydrogens is 242 g/mol. The van der Waals surface area contributed by atoms with Crippen molar-refractivity contribution in [1.82, 2.24) is 14.7 Å². The van der Waals surface area contributed by atoms with Gasteiger partial charge in [0.25, 0.3) is 0 Å². The summed E-state index contributed by atoms with van der Waals surface area (Å²) in [5.74, 6) is 0.499. The van der Waals surface area contributed by atoms with E-state index in [9.17, 15) is 9.90 Å². The van der Waals surface area contributed by atoms with Gasteiger partial charge in [0.15, 0.2) is 0 Å². The van der Waals surface area contributed by atoms with Gasteiger partial charge in [-0.15, -0.1) is 0 Å². The fourth-order valence-corrected chi connectivity index (χ4v) is 2.34. The zero-order chi connectivity index (χ0) is 14.0. The molecule has 1 aromatic rings. The van der Waals surface area contributed by atoms with Gasteiger partial charge in [0.1, 0.15) is 0 Å². The fraction of sp³-hybridized carbons (Fsp3) is 0.714. The van der Waals surface area contributed by atoms with E-state index in [4.69, 9.17) is 0 Å². The maximum Gasteiger partial charge on any atom is 0.222 e. The van der Waals surface area contributed by atoms with Crippen LogP contribution in [0.2, 0.25) is 0 Å². The normalized spacial score (nSPS) is 16.4. The van der Waals surface area contributed by atoms with E-state index in [0.717, 1.165) is 24.1 Å². The average Bonchev–Trinajstić information content (AvgIpc) is 3.13. The molecule has 1 atom stereocenters. The van der Waals surface area contributed by atoms with E-state index in [-0.39, 0.29) is 12.0 Å². The number of aliphatic hydroxyl groups excluding tert-OH is 1. The maximum absolute atomic E-state index is 12.0.